The average molecular weight is 304 g/mol. The zero-order valence-electron chi connectivity index (χ0n) is 13.4. The van der Waals surface area contributed by atoms with Crippen molar-refractivity contribution < 1.29 is 4.79 Å². The van der Waals surface area contributed by atoms with Crippen LogP contribution in [-0.4, -0.2) is 28.9 Å². The summed E-state index contributed by atoms with van der Waals surface area (Å²) in [5.74, 6) is 3.14. The molecule has 0 saturated carbocycles. The molecule has 0 N–H and O–H groups in total. The highest BCUT2D eigenvalue weighted by atomic mass is 16.2. The Kier molecular flexibility index (Phi) is 4.34. The van der Waals surface area contributed by atoms with Gasteiger partial charge in [0.1, 0.15) is 0 Å². The third-order valence-corrected chi connectivity index (χ3v) is 4.33. The summed E-state index contributed by atoms with van der Waals surface area (Å²) in [6.45, 7) is 2.06. The number of benzene rings is 2. The van der Waals surface area contributed by atoms with Crippen LogP contribution in [0.25, 0.3) is 0 Å². The van der Waals surface area contributed by atoms with Crippen molar-refractivity contribution in [3.63, 3.8) is 0 Å². The maximum atomic E-state index is 12.5. The lowest BCUT2D eigenvalue weighted by Gasteiger charge is -2.21. The molecular weight excluding hydrogens is 284 g/mol. The zero-order valence-corrected chi connectivity index (χ0v) is 13.4. The summed E-state index contributed by atoms with van der Waals surface area (Å²) in [6, 6.07) is 23.3. The maximum absolute atomic E-state index is 12.5. The van der Waals surface area contributed by atoms with Crippen LogP contribution in [0.15, 0.2) is 60.7 Å². The normalized spacial score (nSPS) is 20.3. The molecular formula is C20H20N2O. The predicted molar refractivity (Wildman–Crippen MR) is 91.6 cm³/mol. The van der Waals surface area contributed by atoms with Crippen molar-refractivity contribution in [1.82, 2.24) is 9.80 Å². The molecule has 1 aliphatic heterocycles. The molecule has 2 aromatic carbocycles. The summed E-state index contributed by atoms with van der Waals surface area (Å²) in [5.41, 5.74) is 2.27. The molecule has 2 aromatic rings. The highest BCUT2D eigenvalue weighted by Crippen LogP contribution is 2.33. The van der Waals surface area contributed by atoms with Gasteiger partial charge in [-0.1, -0.05) is 66.6 Å². The van der Waals surface area contributed by atoms with Crippen molar-refractivity contribution in [3.05, 3.63) is 71.8 Å². The monoisotopic (exact) mass is 304 g/mol. The molecule has 3 heteroatoms. The maximum Gasteiger partial charge on any atom is 0.332 e. The molecule has 1 heterocycles. The molecule has 3 rings (SSSR count). The van der Waals surface area contributed by atoms with E-state index >= 15 is 0 Å². The van der Waals surface area contributed by atoms with Gasteiger partial charge in [0.05, 0.1) is 12.1 Å². The lowest BCUT2D eigenvalue weighted by atomic mass is 10.0. The largest absolute Gasteiger partial charge is 0.332 e. The van der Waals surface area contributed by atoms with Crippen LogP contribution in [0.1, 0.15) is 24.1 Å². The van der Waals surface area contributed by atoms with Gasteiger partial charge in [-0.15, -0.1) is 0 Å². The molecule has 2 atom stereocenters. The second kappa shape index (κ2) is 6.58. The van der Waals surface area contributed by atoms with Crippen molar-refractivity contribution in [2.24, 2.45) is 0 Å². The van der Waals surface area contributed by atoms with Gasteiger partial charge in [0.15, 0.2) is 0 Å². The molecule has 116 valence electrons. The van der Waals surface area contributed by atoms with Crippen LogP contribution < -0.4 is 0 Å². The Labute approximate surface area is 137 Å². The van der Waals surface area contributed by atoms with Gasteiger partial charge in [-0.05, 0) is 18.1 Å². The van der Waals surface area contributed by atoms with Crippen molar-refractivity contribution >= 4 is 6.03 Å². The van der Waals surface area contributed by atoms with Gasteiger partial charge >= 0.3 is 6.03 Å². The van der Waals surface area contributed by atoms with E-state index in [0.717, 1.165) is 11.1 Å². The molecule has 23 heavy (non-hydrogen) atoms. The van der Waals surface area contributed by atoms with E-state index in [-0.39, 0.29) is 18.1 Å². The van der Waals surface area contributed by atoms with E-state index in [2.05, 4.69) is 31.0 Å². The first-order valence-corrected chi connectivity index (χ1v) is 7.82. The minimum Gasteiger partial charge on any atom is -0.322 e. The van der Waals surface area contributed by atoms with E-state index in [9.17, 15) is 4.79 Å². The predicted octanol–water partition coefficient (Wildman–Crippen LogP) is 3.69. The number of carbonyl (C=O) groups is 1. The molecule has 0 aromatic heterocycles. The van der Waals surface area contributed by atoms with E-state index in [1.807, 2.05) is 55.6 Å². The number of carbonyl (C=O) groups excluding carboxylic acids is 1. The number of likely N-dealkylation sites (N-methyl/N-ethyl adjacent to an activating group) is 1. The highest BCUT2D eigenvalue weighted by Gasteiger charge is 2.41. The number of hydrogen-bond acceptors (Lipinski definition) is 1. The number of rotatable bonds is 2. The van der Waals surface area contributed by atoms with Crippen molar-refractivity contribution in [2.75, 3.05) is 7.05 Å². The summed E-state index contributed by atoms with van der Waals surface area (Å²) in [7, 11) is 1.84. The van der Waals surface area contributed by atoms with E-state index in [4.69, 9.17) is 0 Å². The first-order chi connectivity index (χ1) is 11.2. The topological polar surface area (TPSA) is 23.6 Å². The molecule has 1 aliphatic rings. The van der Waals surface area contributed by atoms with E-state index in [0.29, 0.717) is 6.42 Å². The second-order valence-electron chi connectivity index (χ2n) is 5.81. The zero-order chi connectivity index (χ0) is 16.2. The molecule has 0 bridgehead atoms. The first-order valence-electron chi connectivity index (χ1n) is 7.82. The van der Waals surface area contributed by atoms with E-state index in [1.165, 1.54) is 0 Å². The molecule has 0 unspecified atom stereocenters. The van der Waals surface area contributed by atoms with Gasteiger partial charge < -0.3 is 4.90 Å². The fourth-order valence-electron chi connectivity index (χ4n) is 2.91. The lowest BCUT2D eigenvalue weighted by molar-refractivity contribution is 0.206. The Morgan fingerprint density at radius 2 is 1.61 bits per heavy atom. The summed E-state index contributed by atoms with van der Waals surface area (Å²) in [5, 5.41) is 0. The van der Waals surface area contributed by atoms with Crippen molar-refractivity contribution in [1.29, 1.82) is 0 Å². The molecule has 0 radical (unpaired) electrons. The summed E-state index contributed by atoms with van der Waals surface area (Å²) < 4.78 is 0. The van der Waals surface area contributed by atoms with Gasteiger partial charge in [-0.25, -0.2) is 9.69 Å². The Balaban J connectivity index is 1.85. The average Bonchev–Trinajstić information content (AvgIpc) is 2.81. The molecule has 1 saturated heterocycles. The van der Waals surface area contributed by atoms with Crippen molar-refractivity contribution in [3.8, 4) is 12.0 Å². The molecule has 0 spiro atoms. The molecule has 3 nitrogen and oxygen atoms in total. The van der Waals surface area contributed by atoms with Crippen molar-refractivity contribution in [2.45, 2.75) is 25.4 Å². The Bertz CT molecular complexity index is 730. The van der Waals surface area contributed by atoms with Crippen LogP contribution in [0.4, 0.5) is 4.79 Å². The van der Waals surface area contributed by atoms with Crippen LogP contribution in [-0.2, 0) is 6.42 Å². The van der Waals surface area contributed by atoms with E-state index in [1.54, 1.807) is 9.80 Å². The van der Waals surface area contributed by atoms with Crippen LogP contribution in [0, 0.1) is 12.0 Å². The standard InChI is InChI=1S/C20H20N2O/c1-16-19(18-13-7-4-8-14-18)22(20(23)21(16)2)15-9-12-17-10-5-3-6-11-17/h3-8,10-11,13-14,16,19H,12H2,1-2H3/t16-,19-/m0/s1. The smallest absolute Gasteiger partial charge is 0.322 e. The van der Waals surface area contributed by atoms with Gasteiger partial charge in [0.2, 0.25) is 0 Å². The quantitative estimate of drug-likeness (QED) is 0.776. The van der Waals surface area contributed by atoms with Gasteiger partial charge in [0, 0.05) is 19.5 Å². The summed E-state index contributed by atoms with van der Waals surface area (Å²) >= 11 is 0. The highest BCUT2D eigenvalue weighted by molar-refractivity contribution is 5.80. The van der Waals surface area contributed by atoms with Crippen LogP contribution >= 0.6 is 0 Å². The number of urea groups is 1. The van der Waals surface area contributed by atoms with Gasteiger partial charge in [0.25, 0.3) is 0 Å². The van der Waals surface area contributed by atoms with Crippen LogP contribution in [0.3, 0.4) is 0 Å². The summed E-state index contributed by atoms with van der Waals surface area (Å²) in [6.07, 6.45) is 0.643. The number of amides is 2. The molecule has 1 fully saturated rings. The lowest BCUT2D eigenvalue weighted by Crippen LogP contribution is -2.28. The third-order valence-electron chi connectivity index (χ3n) is 4.33. The SMILES string of the molecule is C[C@H]1[C@@H](c2ccccc2)N(C#CCc2ccccc2)C(=O)N1C. The van der Waals surface area contributed by atoms with E-state index < -0.39 is 0 Å². The Morgan fingerprint density at radius 3 is 2.26 bits per heavy atom. The molecule has 0 aliphatic carbocycles. The number of nitrogens with zero attached hydrogens (tertiary/aromatic N) is 2. The third kappa shape index (κ3) is 3.07. The van der Waals surface area contributed by atoms with Crippen LogP contribution in [0.5, 0.6) is 0 Å². The minimum absolute atomic E-state index is 0.0306. The Morgan fingerprint density at radius 1 is 1.00 bits per heavy atom. The minimum atomic E-state index is -0.0353. The second-order valence-corrected chi connectivity index (χ2v) is 5.81. The van der Waals surface area contributed by atoms with Gasteiger partial charge in [-0.2, -0.15) is 0 Å². The fourth-order valence-corrected chi connectivity index (χ4v) is 2.91. The molecule has 2 amide bonds. The number of hydrogen-bond donors (Lipinski definition) is 0. The Hall–Kier alpha value is -2.73. The first kappa shape index (κ1) is 15.2. The fraction of sp³-hybridized carbons (Fsp3) is 0.250. The summed E-state index contributed by atoms with van der Waals surface area (Å²) in [4.78, 5) is 15.9. The van der Waals surface area contributed by atoms with Crippen LogP contribution in [0.2, 0.25) is 0 Å². The van der Waals surface area contributed by atoms with Gasteiger partial charge in [-0.3, -0.25) is 0 Å².